The Balaban J connectivity index is 2.69. The lowest BCUT2D eigenvalue weighted by molar-refractivity contribution is -0.386. The van der Waals surface area contributed by atoms with Crippen LogP contribution in [-0.2, 0) is 21.9 Å². The molecule has 0 fully saturated rings. The summed E-state index contributed by atoms with van der Waals surface area (Å²) in [5, 5.41) is 20.5. The van der Waals surface area contributed by atoms with E-state index in [2.05, 4.69) is 0 Å². The molecule has 0 amide bonds. The Morgan fingerprint density at radius 3 is 2.23 bits per heavy atom. The monoisotopic (exact) mass is 380 g/mol. The second-order valence-electron chi connectivity index (χ2n) is 5.74. The molecule has 9 nitrogen and oxygen atoms in total. The molecule has 0 aliphatic carbocycles. The predicted molar refractivity (Wildman–Crippen MR) is 93.6 cm³/mol. The van der Waals surface area contributed by atoms with Crippen LogP contribution in [0.15, 0.2) is 42.5 Å². The normalized spacial score (nSPS) is 12.6. The fraction of sp³-hybridized carbons (Fsp3) is 0.188. The third kappa shape index (κ3) is 4.96. The van der Waals surface area contributed by atoms with E-state index in [0.717, 1.165) is 0 Å². The molecule has 0 bridgehead atoms. The number of nitro benzene ring substituents is 1. The Bertz CT molecular complexity index is 880. The highest BCUT2D eigenvalue weighted by molar-refractivity contribution is 7.50. The van der Waals surface area contributed by atoms with Crippen molar-refractivity contribution in [1.29, 1.82) is 0 Å². The quantitative estimate of drug-likeness (QED) is 0.321. The van der Waals surface area contributed by atoms with Crippen molar-refractivity contribution in [2.75, 3.05) is 0 Å². The summed E-state index contributed by atoms with van der Waals surface area (Å²) >= 11 is 0. The van der Waals surface area contributed by atoms with Crippen LogP contribution >= 0.6 is 7.60 Å². The zero-order valence-corrected chi connectivity index (χ0v) is 14.4. The van der Waals surface area contributed by atoms with Gasteiger partial charge < -0.3 is 20.6 Å². The van der Waals surface area contributed by atoms with Crippen LogP contribution in [0.1, 0.15) is 11.1 Å². The summed E-state index contributed by atoms with van der Waals surface area (Å²) in [6.45, 7) is 0. The highest BCUT2D eigenvalue weighted by Crippen LogP contribution is 2.43. The number of benzene rings is 2. The molecule has 1 atom stereocenters. The molecule has 2 rings (SSSR count). The Morgan fingerprint density at radius 2 is 1.73 bits per heavy atom. The van der Waals surface area contributed by atoms with Crippen LogP contribution in [0.5, 0.6) is 0 Å². The van der Waals surface area contributed by atoms with Crippen LogP contribution in [0.2, 0.25) is 0 Å². The number of nitro groups is 1. The summed E-state index contributed by atoms with van der Waals surface area (Å²) < 4.78 is 11.4. The molecule has 2 aromatic rings. The Hall–Kier alpha value is -2.58. The molecule has 0 saturated heterocycles. The molecule has 0 spiro atoms. The molecule has 0 saturated carbocycles. The SMILES string of the molecule is N[C@@H](Cc1cc(-c2ccccc2)cc(CP(=O)(O)O)c1[N+](=O)[O-])C(=O)O. The fourth-order valence-corrected chi connectivity index (χ4v) is 3.30. The number of carboxylic acids is 1. The maximum atomic E-state index is 11.5. The number of carboxylic acid groups (broad SMARTS) is 1. The molecule has 2 aromatic carbocycles. The first-order valence-corrected chi connectivity index (χ1v) is 9.27. The minimum absolute atomic E-state index is 0.00898. The topological polar surface area (TPSA) is 164 Å². The summed E-state index contributed by atoms with van der Waals surface area (Å²) in [5.74, 6) is -1.33. The smallest absolute Gasteiger partial charge is 0.330 e. The molecule has 0 aromatic heterocycles. The fourth-order valence-electron chi connectivity index (χ4n) is 2.61. The van der Waals surface area contributed by atoms with Crippen LogP contribution in [0.4, 0.5) is 5.69 Å². The first-order valence-electron chi connectivity index (χ1n) is 7.47. The minimum Gasteiger partial charge on any atom is -0.480 e. The zero-order valence-electron chi connectivity index (χ0n) is 13.5. The summed E-state index contributed by atoms with van der Waals surface area (Å²) in [5.41, 5.74) is 5.97. The van der Waals surface area contributed by atoms with E-state index in [1.54, 1.807) is 30.3 Å². The van der Waals surface area contributed by atoms with Crippen molar-refractivity contribution in [1.82, 2.24) is 0 Å². The first-order chi connectivity index (χ1) is 12.1. The molecule has 0 aliphatic rings. The van der Waals surface area contributed by atoms with Crippen LogP contribution in [-0.4, -0.2) is 31.8 Å². The van der Waals surface area contributed by atoms with Gasteiger partial charge in [0, 0.05) is 17.5 Å². The van der Waals surface area contributed by atoms with Gasteiger partial charge in [0.15, 0.2) is 0 Å². The maximum Gasteiger partial charge on any atom is 0.330 e. The van der Waals surface area contributed by atoms with E-state index in [1.165, 1.54) is 12.1 Å². The van der Waals surface area contributed by atoms with E-state index in [-0.39, 0.29) is 17.5 Å². The molecule has 26 heavy (non-hydrogen) atoms. The van der Waals surface area contributed by atoms with Gasteiger partial charge in [0.25, 0.3) is 5.69 Å². The van der Waals surface area contributed by atoms with Crippen LogP contribution in [0.25, 0.3) is 11.1 Å². The molecular weight excluding hydrogens is 363 g/mol. The Labute approximate surface area is 148 Å². The van der Waals surface area contributed by atoms with E-state index >= 15 is 0 Å². The maximum absolute atomic E-state index is 11.5. The molecule has 0 heterocycles. The minimum atomic E-state index is -4.59. The largest absolute Gasteiger partial charge is 0.480 e. The standard InChI is InChI=1S/C16H17N2O7P/c17-14(16(19)20)8-12-6-11(10-4-2-1-3-5-10)7-13(9-26(23,24)25)15(12)18(21)22/h1-7,14H,8-9,17H2,(H,19,20)(H2,23,24,25)/t14-/m0/s1. The van der Waals surface area contributed by atoms with E-state index < -0.39 is 36.4 Å². The molecule has 5 N–H and O–H groups in total. The van der Waals surface area contributed by atoms with Gasteiger partial charge in [-0.05, 0) is 23.3 Å². The number of rotatable bonds is 7. The van der Waals surface area contributed by atoms with Gasteiger partial charge in [-0.2, -0.15) is 0 Å². The second-order valence-corrected chi connectivity index (χ2v) is 7.38. The number of carbonyl (C=O) groups is 1. The van der Waals surface area contributed by atoms with Crippen molar-refractivity contribution in [3.8, 4) is 11.1 Å². The van der Waals surface area contributed by atoms with Crippen LogP contribution in [0.3, 0.4) is 0 Å². The number of aliphatic carboxylic acids is 1. The van der Waals surface area contributed by atoms with E-state index in [4.69, 9.17) is 10.8 Å². The average Bonchev–Trinajstić information content (AvgIpc) is 2.53. The van der Waals surface area contributed by atoms with Gasteiger partial charge in [0.1, 0.15) is 6.04 Å². The lowest BCUT2D eigenvalue weighted by atomic mass is 9.95. The number of nitrogens with two attached hydrogens (primary N) is 1. The van der Waals surface area contributed by atoms with Crippen molar-refractivity contribution in [2.24, 2.45) is 5.73 Å². The van der Waals surface area contributed by atoms with Gasteiger partial charge in [-0.25, -0.2) is 0 Å². The Kier molecular flexibility index (Phi) is 5.89. The number of hydrogen-bond acceptors (Lipinski definition) is 5. The second kappa shape index (κ2) is 7.76. The van der Waals surface area contributed by atoms with Gasteiger partial charge in [0.2, 0.25) is 0 Å². The third-order valence-corrected chi connectivity index (χ3v) is 4.44. The summed E-state index contributed by atoms with van der Waals surface area (Å²) in [6, 6.07) is 10.1. The lowest BCUT2D eigenvalue weighted by Gasteiger charge is -2.14. The van der Waals surface area contributed by atoms with Crippen LogP contribution in [0, 0.1) is 10.1 Å². The van der Waals surface area contributed by atoms with E-state index in [9.17, 15) is 29.3 Å². The number of nitrogens with zero attached hydrogens (tertiary/aromatic N) is 1. The van der Waals surface area contributed by atoms with Crippen molar-refractivity contribution < 1.29 is 29.2 Å². The third-order valence-electron chi connectivity index (χ3n) is 3.69. The van der Waals surface area contributed by atoms with E-state index in [1.807, 2.05) is 0 Å². The highest BCUT2D eigenvalue weighted by Gasteiger charge is 2.28. The molecule has 138 valence electrons. The predicted octanol–water partition coefficient (Wildman–Crippen LogP) is 1.89. The van der Waals surface area contributed by atoms with Gasteiger partial charge >= 0.3 is 13.6 Å². The van der Waals surface area contributed by atoms with Crippen LogP contribution < -0.4 is 5.73 Å². The van der Waals surface area contributed by atoms with E-state index in [0.29, 0.717) is 11.1 Å². The molecule has 10 heteroatoms. The van der Waals surface area contributed by atoms with Crippen molar-refractivity contribution >= 4 is 19.3 Å². The van der Waals surface area contributed by atoms with Gasteiger partial charge in [0.05, 0.1) is 11.1 Å². The lowest BCUT2D eigenvalue weighted by Crippen LogP contribution is -2.32. The molecular formula is C16H17N2O7P. The summed E-state index contributed by atoms with van der Waals surface area (Å²) in [6.07, 6.45) is -1.18. The van der Waals surface area contributed by atoms with Crippen molar-refractivity contribution in [3.05, 3.63) is 63.7 Å². The average molecular weight is 380 g/mol. The first kappa shape index (κ1) is 19.7. The van der Waals surface area contributed by atoms with Gasteiger partial charge in [-0.15, -0.1) is 0 Å². The molecule has 0 unspecified atom stereocenters. The summed E-state index contributed by atoms with van der Waals surface area (Å²) in [4.78, 5) is 40.3. The van der Waals surface area contributed by atoms with Crippen molar-refractivity contribution in [3.63, 3.8) is 0 Å². The van der Waals surface area contributed by atoms with Crippen molar-refractivity contribution in [2.45, 2.75) is 18.6 Å². The highest BCUT2D eigenvalue weighted by atomic mass is 31.2. The zero-order chi connectivity index (χ0) is 19.5. The molecule has 0 radical (unpaired) electrons. The van der Waals surface area contributed by atoms with Gasteiger partial charge in [-0.3, -0.25) is 19.5 Å². The number of hydrogen-bond donors (Lipinski definition) is 4. The van der Waals surface area contributed by atoms with Gasteiger partial charge in [-0.1, -0.05) is 30.3 Å². The molecule has 0 aliphatic heterocycles. The summed E-state index contributed by atoms with van der Waals surface area (Å²) in [7, 11) is -4.59. The Morgan fingerprint density at radius 1 is 1.15 bits per heavy atom.